The number of carbonyl (C=O) groups excluding carboxylic acids is 2. The highest BCUT2D eigenvalue weighted by atomic mass is 16.2. The number of nitriles is 1. The Morgan fingerprint density at radius 1 is 1.09 bits per heavy atom. The molecule has 0 saturated carbocycles. The minimum Gasteiger partial charge on any atom is -0.371 e. The van der Waals surface area contributed by atoms with Gasteiger partial charge >= 0.3 is 6.03 Å². The third-order valence-corrected chi connectivity index (χ3v) is 5.54. The van der Waals surface area contributed by atoms with Crippen molar-refractivity contribution in [2.45, 2.75) is 33.6 Å². The molecule has 2 aromatic carbocycles. The van der Waals surface area contributed by atoms with E-state index in [1.807, 2.05) is 18.2 Å². The zero-order chi connectivity index (χ0) is 23.1. The number of rotatable bonds is 6. The number of amides is 3. The average Bonchev–Trinajstić information content (AvgIpc) is 2.78. The highest BCUT2D eigenvalue weighted by Gasteiger charge is 2.22. The molecule has 32 heavy (non-hydrogen) atoms. The fraction of sp³-hybridized carbons (Fsp3) is 0.400. The molecule has 168 valence electrons. The first-order valence-electron chi connectivity index (χ1n) is 11.1. The summed E-state index contributed by atoms with van der Waals surface area (Å²) >= 11 is 0. The van der Waals surface area contributed by atoms with E-state index in [-0.39, 0.29) is 5.91 Å². The Kier molecular flexibility index (Phi) is 7.72. The van der Waals surface area contributed by atoms with E-state index in [0.717, 1.165) is 31.6 Å². The fourth-order valence-corrected chi connectivity index (χ4v) is 3.67. The second-order valence-electron chi connectivity index (χ2n) is 8.78. The van der Waals surface area contributed by atoms with Gasteiger partial charge in [0, 0.05) is 36.7 Å². The van der Waals surface area contributed by atoms with Crippen LogP contribution in [-0.2, 0) is 0 Å². The predicted octanol–water partition coefficient (Wildman–Crippen LogP) is 4.82. The molecule has 0 atom stereocenters. The highest BCUT2D eigenvalue weighted by Crippen LogP contribution is 2.29. The number of nitrogens with one attached hydrogen (secondary N) is 3. The molecular formula is C25H31N5O2. The molecule has 0 bridgehead atoms. The summed E-state index contributed by atoms with van der Waals surface area (Å²) in [6.45, 7) is 8.77. The lowest BCUT2D eigenvalue weighted by Gasteiger charge is -2.33. The van der Waals surface area contributed by atoms with Crippen molar-refractivity contribution >= 4 is 29.0 Å². The summed E-state index contributed by atoms with van der Waals surface area (Å²) in [6.07, 6.45) is 2.19. The van der Waals surface area contributed by atoms with Gasteiger partial charge in [0.15, 0.2) is 0 Å². The Hall–Kier alpha value is -3.53. The average molecular weight is 434 g/mol. The van der Waals surface area contributed by atoms with Crippen molar-refractivity contribution in [3.05, 3.63) is 53.6 Å². The van der Waals surface area contributed by atoms with Gasteiger partial charge in [-0.05, 0) is 61.1 Å². The summed E-state index contributed by atoms with van der Waals surface area (Å²) in [5.74, 6) is 0.890. The molecule has 0 aromatic heterocycles. The molecule has 1 heterocycles. The van der Waals surface area contributed by atoms with Crippen molar-refractivity contribution in [3.63, 3.8) is 0 Å². The van der Waals surface area contributed by atoms with Gasteiger partial charge in [-0.2, -0.15) is 5.26 Å². The molecule has 1 aliphatic rings. The van der Waals surface area contributed by atoms with Gasteiger partial charge in [0.1, 0.15) is 0 Å². The number of urea groups is 1. The first kappa shape index (κ1) is 23.1. The quantitative estimate of drug-likeness (QED) is 0.608. The Balaban J connectivity index is 1.78. The lowest BCUT2D eigenvalue weighted by atomic mass is 9.97. The van der Waals surface area contributed by atoms with Crippen LogP contribution < -0.4 is 20.9 Å². The lowest BCUT2D eigenvalue weighted by molar-refractivity contribution is 0.0949. The summed E-state index contributed by atoms with van der Waals surface area (Å²) in [7, 11) is 0. The molecule has 3 amide bonds. The second kappa shape index (κ2) is 10.7. The molecule has 0 spiro atoms. The standard InChI is InChI=1S/C25H31N5O2/c1-17(2)16-27-24(31)22-14-21(7-8-23(22)30-11-9-18(3)10-12-30)29-25(32)28-20-6-4-5-19(13-20)15-26/h4-8,13-14,17-18H,9-12,16H2,1-3H3,(H,27,31)(H2,28,29,32). The molecule has 3 rings (SSSR count). The SMILES string of the molecule is CC(C)CNC(=O)c1cc(NC(=O)Nc2cccc(C#N)c2)ccc1N1CCC(C)CC1. The van der Waals surface area contributed by atoms with E-state index in [1.54, 1.807) is 30.3 Å². The van der Waals surface area contributed by atoms with Crippen molar-refractivity contribution in [2.24, 2.45) is 11.8 Å². The zero-order valence-electron chi connectivity index (χ0n) is 18.9. The van der Waals surface area contributed by atoms with Crippen LogP contribution in [-0.4, -0.2) is 31.6 Å². The van der Waals surface area contributed by atoms with E-state index >= 15 is 0 Å². The van der Waals surface area contributed by atoms with Gasteiger partial charge in [0.05, 0.1) is 17.2 Å². The molecule has 7 nitrogen and oxygen atoms in total. The van der Waals surface area contributed by atoms with Crippen LogP contribution in [0, 0.1) is 23.2 Å². The van der Waals surface area contributed by atoms with Gasteiger partial charge in [-0.3, -0.25) is 4.79 Å². The Bertz CT molecular complexity index is 1000. The van der Waals surface area contributed by atoms with Crippen molar-refractivity contribution in [1.29, 1.82) is 5.26 Å². The number of hydrogen-bond donors (Lipinski definition) is 3. The Labute approximate surface area is 189 Å². The Morgan fingerprint density at radius 3 is 2.44 bits per heavy atom. The molecule has 1 saturated heterocycles. The van der Waals surface area contributed by atoms with Crippen molar-refractivity contribution in [1.82, 2.24) is 5.32 Å². The second-order valence-corrected chi connectivity index (χ2v) is 8.78. The van der Waals surface area contributed by atoms with Crippen LogP contribution in [0.3, 0.4) is 0 Å². The monoisotopic (exact) mass is 433 g/mol. The van der Waals surface area contributed by atoms with E-state index in [4.69, 9.17) is 5.26 Å². The van der Waals surface area contributed by atoms with E-state index < -0.39 is 6.03 Å². The predicted molar refractivity (Wildman–Crippen MR) is 128 cm³/mol. The van der Waals surface area contributed by atoms with E-state index in [9.17, 15) is 9.59 Å². The molecule has 2 aromatic rings. The first-order chi connectivity index (χ1) is 15.4. The number of hydrogen-bond acceptors (Lipinski definition) is 4. The van der Waals surface area contributed by atoms with E-state index in [0.29, 0.717) is 40.9 Å². The first-order valence-corrected chi connectivity index (χ1v) is 11.1. The van der Waals surface area contributed by atoms with Gasteiger partial charge in [-0.25, -0.2) is 4.79 Å². The summed E-state index contributed by atoms with van der Waals surface area (Å²) in [4.78, 5) is 27.7. The van der Waals surface area contributed by atoms with Crippen LogP contribution in [0.25, 0.3) is 0 Å². The summed E-state index contributed by atoms with van der Waals surface area (Å²) in [5.41, 5.74) is 2.97. The number of benzene rings is 2. The maximum Gasteiger partial charge on any atom is 0.323 e. The van der Waals surface area contributed by atoms with Crippen LogP contribution in [0.4, 0.5) is 21.9 Å². The van der Waals surface area contributed by atoms with Crippen LogP contribution in [0.1, 0.15) is 49.5 Å². The topological polar surface area (TPSA) is 97.3 Å². The third kappa shape index (κ3) is 6.24. The zero-order valence-corrected chi connectivity index (χ0v) is 18.9. The molecular weight excluding hydrogens is 402 g/mol. The number of piperidine rings is 1. The van der Waals surface area contributed by atoms with Crippen LogP contribution in [0.5, 0.6) is 0 Å². The molecule has 0 radical (unpaired) electrons. The van der Waals surface area contributed by atoms with Crippen LogP contribution >= 0.6 is 0 Å². The van der Waals surface area contributed by atoms with E-state index in [2.05, 4.69) is 41.6 Å². The van der Waals surface area contributed by atoms with Crippen LogP contribution in [0.15, 0.2) is 42.5 Å². The Morgan fingerprint density at radius 2 is 1.78 bits per heavy atom. The van der Waals surface area contributed by atoms with Crippen LogP contribution in [0.2, 0.25) is 0 Å². The third-order valence-electron chi connectivity index (χ3n) is 5.54. The minimum absolute atomic E-state index is 0.141. The smallest absolute Gasteiger partial charge is 0.323 e. The number of nitrogens with zero attached hydrogens (tertiary/aromatic N) is 2. The normalized spacial score (nSPS) is 14.0. The molecule has 7 heteroatoms. The van der Waals surface area contributed by atoms with Crippen molar-refractivity contribution < 1.29 is 9.59 Å². The van der Waals surface area contributed by atoms with Gasteiger partial charge < -0.3 is 20.9 Å². The molecule has 0 unspecified atom stereocenters. The van der Waals surface area contributed by atoms with Gasteiger partial charge in [0.25, 0.3) is 5.91 Å². The number of anilines is 3. The maximum atomic E-state index is 13.0. The molecule has 3 N–H and O–H groups in total. The minimum atomic E-state index is -0.437. The largest absolute Gasteiger partial charge is 0.371 e. The van der Waals surface area contributed by atoms with Gasteiger partial charge in [0.2, 0.25) is 0 Å². The summed E-state index contributed by atoms with van der Waals surface area (Å²) in [6, 6.07) is 13.8. The van der Waals surface area contributed by atoms with Gasteiger partial charge in [-0.1, -0.05) is 26.8 Å². The lowest BCUT2D eigenvalue weighted by Crippen LogP contribution is -2.35. The van der Waals surface area contributed by atoms with Crippen molar-refractivity contribution in [3.8, 4) is 6.07 Å². The van der Waals surface area contributed by atoms with E-state index in [1.165, 1.54) is 0 Å². The summed E-state index contributed by atoms with van der Waals surface area (Å²) in [5, 5.41) is 17.5. The molecule has 1 aliphatic heterocycles. The maximum absolute atomic E-state index is 13.0. The highest BCUT2D eigenvalue weighted by molar-refractivity contribution is 6.04. The molecule has 1 fully saturated rings. The summed E-state index contributed by atoms with van der Waals surface area (Å²) < 4.78 is 0. The number of carbonyl (C=O) groups is 2. The molecule has 0 aliphatic carbocycles. The van der Waals surface area contributed by atoms with Gasteiger partial charge in [-0.15, -0.1) is 0 Å². The fourth-order valence-electron chi connectivity index (χ4n) is 3.67. The van der Waals surface area contributed by atoms with Crippen molar-refractivity contribution in [2.75, 3.05) is 35.2 Å².